The van der Waals surface area contributed by atoms with E-state index in [1.54, 1.807) is 12.1 Å². The molecular formula is C15H12O6. The number of carbonyl (C=O) groups excluding carboxylic acids is 1. The smallest absolute Gasteiger partial charge is 0.200 e. The number of aromatic hydroxyl groups is 4. The summed E-state index contributed by atoms with van der Waals surface area (Å²) in [5, 5.41) is 38.0. The Morgan fingerprint density at radius 3 is 2.33 bits per heavy atom. The third kappa shape index (κ3) is 2.10. The second-order valence-electron chi connectivity index (χ2n) is 4.80. The van der Waals surface area contributed by atoms with E-state index >= 15 is 0 Å². The molecule has 1 aliphatic heterocycles. The molecule has 1 atom stereocenters. The van der Waals surface area contributed by atoms with E-state index in [4.69, 9.17) is 4.74 Å². The van der Waals surface area contributed by atoms with Gasteiger partial charge in [0.1, 0.15) is 11.5 Å². The zero-order chi connectivity index (χ0) is 15.1. The highest BCUT2D eigenvalue weighted by molar-refractivity contribution is 5.90. The van der Waals surface area contributed by atoms with Crippen LogP contribution in [0.15, 0.2) is 30.3 Å². The molecule has 0 saturated carbocycles. The number of hydrogen-bond acceptors (Lipinski definition) is 6. The Labute approximate surface area is 119 Å². The minimum atomic E-state index is -0.888. The van der Waals surface area contributed by atoms with Gasteiger partial charge < -0.3 is 25.2 Å². The van der Waals surface area contributed by atoms with Crippen molar-refractivity contribution in [1.29, 1.82) is 0 Å². The van der Waals surface area contributed by atoms with Crippen LogP contribution < -0.4 is 4.74 Å². The molecule has 0 bridgehead atoms. The fourth-order valence-electron chi connectivity index (χ4n) is 2.30. The Bertz CT molecular complexity index is 720. The monoisotopic (exact) mass is 288 g/mol. The highest BCUT2D eigenvalue weighted by Crippen LogP contribution is 2.46. The van der Waals surface area contributed by atoms with Crippen molar-refractivity contribution in [2.45, 2.75) is 12.5 Å². The molecule has 108 valence electrons. The van der Waals surface area contributed by atoms with E-state index in [-0.39, 0.29) is 29.3 Å². The zero-order valence-corrected chi connectivity index (χ0v) is 10.8. The van der Waals surface area contributed by atoms with E-state index in [0.29, 0.717) is 5.56 Å². The first kappa shape index (κ1) is 13.1. The van der Waals surface area contributed by atoms with Crippen LogP contribution in [0, 0.1) is 0 Å². The summed E-state index contributed by atoms with van der Waals surface area (Å²) in [5.41, 5.74) is 0.695. The van der Waals surface area contributed by atoms with E-state index in [1.165, 1.54) is 12.1 Å². The molecular weight excluding hydrogens is 276 g/mol. The number of ether oxygens (including phenoxy) is 1. The van der Waals surface area contributed by atoms with Gasteiger partial charge >= 0.3 is 0 Å². The molecule has 0 saturated heterocycles. The molecule has 1 heterocycles. The maximum absolute atomic E-state index is 12.1. The Hall–Kier alpha value is -2.89. The van der Waals surface area contributed by atoms with Crippen LogP contribution >= 0.6 is 0 Å². The van der Waals surface area contributed by atoms with Crippen LogP contribution in [-0.4, -0.2) is 26.2 Å². The van der Waals surface area contributed by atoms with Crippen LogP contribution in [0.3, 0.4) is 0 Å². The Balaban J connectivity index is 2.03. The highest BCUT2D eigenvalue weighted by atomic mass is 16.5. The van der Waals surface area contributed by atoms with E-state index in [9.17, 15) is 25.2 Å². The molecule has 6 heteroatoms. The van der Waals surface area contributed by atoms with Crippen LogP contribution in [0.5, 0.6) is 28.7 Å². The molecule has 0 radical (unpaired) electrons. The summed E-state index contributed by atoms with van der Waals surface area (Å²) < 4.78 is 5.52. The predicted molar refractivity (Wildman–Crippen MR) is 71.6 cm³/mol. The Morgan fingerprint density at radius 2 is 1.67 bits per heavy atom. The van der Waals surface area contributed by atoms with Gasteiger partial charge in [0.15, 0.2) is 23.4 Å². The number of benzene rings is 2. The second-order valence-corrected chi connectivity index (χ2v) is 4.80. The minimum absolute atomic E-state index is 0.0719. The average molecular weight is 288 g/mol. The van der Waals surface area contributed by atoms with E-state index in [1.807, 2.05) is 0 Å². The predicted octanol–water partition coefficient (Wildman–Crippen LogP) is 1.75. The van der Waals surface area contributed by atoms with Crippen molar-refractivity contribution < 1.29 is 30.0 Å². The number of phenols is 4. The third-order valence-electron chi connectivity index (χ3n) is 3.40. The molecule has 6 nitrogen and oxygen atoms in total. The van der Waals surface area contributed by atoms with Crippen molar-refractivity contribution in [2.24, 2.45) is 0 Å². The standard InChI is InChI=1S/C15H12O6/c16-8-3-1-7(2-4-8)15-11(18)5-9-12(21-15)6-10(17)14(20)13(9)19/h1-4,6,15-17,19-20H,5H2. The molecule has 0 aliphatic carbocycles. The number of carbonyl (C=O) groups is 1. The minimum Gasteiger partial charge on any atom is -0.508 e. The first-order valence-corrected chi connectivity index (χ1v) is 6.22. The first-order chi connectivity index (χ1) is 9.97. The van der Waals surface area contributed by atoms with Gasteiger partial charge in [-0.2, -0.15) is 0 Å². The van der Waals surface area contributed by atoms with E-state index < -0.39 is 23.4 Å². The molecule has 0 amide bonds. The van der Waals surface area contributed by atoms with Gasteiger partial charge in [-0.25, -0.2) is 0 Å². The Morgan fingerprint density at radius 1 is 1.00 bits per heavy atom. The van der Waals surface area contributed by atoms with E-state index in [2.05, 4.69) is 0 Å². The molecule has 0 aromatic heterocycles. The molecule has 4 N–H and O–H groups in total. The summed E-state index contributed by atoms with van der Waals surface area (Å²) in [4.78, 5) is 12.1. The van der Waals surface area contributed by atoms with Gasteiger partial charge in [0.2, 0.25) is 5.75 Å². The van der Waals surface area contributed by atoms with Crippen molar-refractivity contribution in [2.75, 3.05) is 0 Å². The summed E-state index contributed by atoms with van der Waals surface area (Å²) in [6.45, 7) is 0. The van der Waals surface area contributed by atoms with Gasteiger partial charge in [-0.05, 0) is 12.1 Å². The summed E-state index contributed by atoms with van der Waals surface area (Å²) in [6, 6.07) is 7.15. The number of hydrogen-bond donors (Lipinski definition) is 4. The number of fused-ring (bicyclic) bond motifs is 1. The normalized spacial score (nSPS) is 17.1. The maximum atomic E-state index is 12.1. The van der Waals surface area contributed by atoms with Crippen molar-refractivity contribution >= 4 is 5.78 Å². The van der Waals surface area contributed by atoms with Crippen LogP contribution in [0.1, 0.15) is 17.2 Å². The van der Waals surface area contributed by atoms with Crippen molar-refractivity contribution in [1.82, 2.24) is 0 Å². The maximum Gasteiger partial charge on any atom is 0.200 e. The quantitative estimate of drug-likeness (QED) is 0.596. The molecule has 3 rings (SSSR count). The van der Waals surface area contributed by atoms with Crippen molar-refractivity contribution in [3.05, 3.63) is 41.5 Å². The lowest BCUT2D eigenvalue weighted by molar-refractivity contribution is -0.126. The molecule has 1 aliphatic rings. The SMILES string of the molecule is O=C1Cc2c(cc(O)c(O)c2O)OC1c1ccc(O)cc1. The van der Waals surface area contributed by atoms with Gasteiger partial charge in [0.25, 0.3) is 0 Å². The molecule has 0 fully saturated rings. The summed E-state index contributed by atoms with van der Waals surface area (Å²) in [6.07, 6.45) is -1.01. The molecule has 1 unspecified atom stereocenters. The third-order valence-corrected chi connectivity index (χ3v) is 3.40. The highest BCUT2D eigenvalue weighted by Gasteiger charge is 2.33. The topological polar surface area (TPSA) is 107 Å². The fraction of sp³-hybridized carbons (Fsp3) is 0.133. The van der Waals surface area contributed by atoms with Crippen LogP contribution in [0.25, 0.3) is 0 Å². The Kier molecular flexibility index (Phi) is 2.86. The van der Waals surface area contributed by atoms with Gasteiger partial charge in [0, 0.05) is 23.6 Å². The lowest BCUT2D eigenvalue weighted by Crippen LogP contribution is -2.25. The number of ketones is 1. The van der Waals surface area contributed by atoms with Gasteiger partial charge in [-0.3, -0.25) is 4.79 Å². The van der Waals surface area contributed by atoms with Crippen LogP contribution in [-0.2, 0) is 11.2 Å². The number of Topliss-reactive ketones (excluding diaryl/α,β-unsaturated/α-hetero) is 1. The van der Waals surface area contributed by atoms with Crippen LogP contribution in [0.4, 0.5) is 0 Å². The lowest BCUT2D eigenvalue weighted by Gasteiger charge is -2.26. The molecule has 2 aromatic rings. The van der Waals surface area contributed by atoms with Gasteiger partial charge in [-0.15, -0.1) is 0 Å². The zero-order valence-electron chi connectivity index (χ0n) is 10.8. The number of rotatable bonds is 1. The average Bonchev–Trinajstić information content (AvgIpc) is 2.47. The van der Waals surface area contributed by atoms with Crippen LogP contribution in [0.2, 0.25) is 0 Å². The van der Waals surface area contributed by atoms with E-state index in [0.717, 1.165) is 6.07 Å². The summed E-state index contributed by atoms with van der Waals surface area (Å²) >= 11 is 0. The van der Waals surface area contributed by atoms with Gasteiger partial charge in [0.05, 0.1) is 0 Å². The largest absolute Gasteiger partial charge is 0.508 e. The molecule has 2 aromatic carbocycles. The fourth-order valence-corrected chi connectivity index (χ4v) is 2.30. The molecule has 21 heavy (non-hydrogen) atoms. The first-order valence-electron chi connectivity index (χ1n) is 6.22. The molecule has 0 spiro atoms. The second kappa shape index (κ2) is 4.59. The van der Waals surface area contributed by atoms with Crippen molar-refractivity contribution in [3.63, 3.8) is 0 Å². The van der Waals surface area contributed by atoms with Crippen molar-refractivity contribution in [3.8, 4) is 28.7 Å². The summed E-state index contributed by atoms with van der Waals surface area (Å²) in [7, 11) is 0. The number of phenolic OH excluding ortho intramolecular Hbond substituents is 4. The van der Waals surface area contributed by atoms with Gasteiger partial charge in [-0.1, -0.05) is 12.1 Å². The lowest BCUT2D eigenvalue weighted by atomic mass is 9.95. The summed E-state index contributed by atoms with van der Waals surface area (Å²) in [5.74, 6) is -1.84.